The minimum Gasteiger partial charge on any atom is -0.406 e. The maximum absolute atomic E-state index is 6.20. The first-order valence-corrected chi connectivity index (χ1v) is 13.1. The predicted molar refractivity (Wildman–Crippen MR) is 118 cm³/mol. The van der Waals surface area contributed by atoms with E-state index in [-0.39, 0.29) is 23.2 Å². The van der Waals surface area contributed by atoms with Crippen molar-refractivity contribution < 1.29 is 13.9 Å². The summed E-state index contributed by atoms with van der Waals surface area (Å²) in [6.07, 6.45) is -0.110. The topological polar surface area (TPSA) is 39.7 Å². The highest BCUT2D eigenvalue weighted by molar-refractivity contribution is 6.74. The molecule has 0 aliphatic carbocycles. The number of nitrogens with one attached hydrogen (secondary N) is 1. The van der Waals surface area contributed by atoms with E-state index in [1.54, 1.807) is 0 Å². The maximum atomic E-state index is 6.20. The molecular formula is C23H37NO3Si. The average molecular weight is 404 g/mol. The van der Waals surface area contributed by atoms with Gasteiger partial charge in [0.25, 0.3) is 0 Å². The molecular weight excluding hydrogens is 366 g/mol. The lowest BCUT2D eigenvalue weighted by Crippen LogP contribution is -2.42. The van der Waals surface area contributed by atoms with Crippen molar-refractivity contribution in [3.63, 3.8) is 0 Å². The van der Waals surface area contributed by atoms with E-state index in [1.165, 1.54) is 5.56 Å². The van der Waals surface area contributed by atoms with Crippen LogP contribution in [0.25, 0.3) is 0 Å². The van der Waals surface area contributed by atoms with Crippen LogP contribution in [0.15, 0.2) is 30.3 Å². The van der Waals surface area contributed by atoms with Gasteiger partial charge in [-0.2, -0.15) is 0 Å². The van der Waals surface area contributed by atoms with E-state index in [1.807, 2.05) is 19.9 Å². The fraction of sp³-hybridized carbons (Fsp3) is 0.652. The second kappa shape index (κ2) is 9.11. The van der Waals surface area contributed by atoms with Gasteiger partial charge in [-0.05, 0) is 44.5 Å². The molecule has 0 bridgehead atoms. The van der Waals surface area contributed by atoms with Crippen LogP contribution >= 0.6 is 0 Å². The van der Waals surface area contributed by atoms with Gasteiger partial charge in [0.1, 0.15) is 6.10 Å². The number of rotatable bonds is 6. The van der Waals surface area contributed by atoms with Crippen LogP contribution in [0.3, 0.4) is 0 Å². The number of ether oxygens (including phenoxy) is 2. The first-order chi connectivity index (χ1) is 12.9. The summed E-state index contributed by atoms with van der Waals surface area (Å²) >= 11 is 0. The van der Waals surface area contributed by atoms with E-state index in [2.05, 4.69) is 82.2 Å². The fourth-order valence-corrected chi connectivity index (χ4v) is 3.68. The van der Waals surface area contributed by atoms with E-state index in [0.717, 1.165) is 0 Å². The van der Waals surface area contributed by atoms with Crippen molar-refractivity contribution >= 4 is 8.32 Å². The molecule has 0 aromatic heterocycles. The summed E-state index contributed by atoms with van der Waals surface area (Å²) in [5.41, 5.74) is 1.23. The maximum Gasteiger partial charge on any atom is 0.193 e. The molecule has 0 spiro atoms. The second-order valence-electron chi connectivity index (χ2n) is 9.51. The van der Waals surface area contributed by atoms with E-state index >= 15 is 0 Å². The number of hydrogen-bond donors (Lipinski definition) is 1. The van der Waals surface area contributed by atoms with Crippen LogP contribution in [-0.4, -0.2) is 39.5 Å². The molecule has 1 N–H and O–H groups in total. The zero-order chi connectivity index (χ0) is 21.0. The SMILES string of the molecule is C[C@H](N[C@H](C#CCO[Si](C)(C)C(C)(C)C)[C@H]1COC(C)(C)O1)c1ccccc1. The molecule has 28 heavy (non-hydrogen) atoms. The van der Waals surface area contributed by atoms with Gasteiger partial charge < -0.3 is 13.9 Å². The first kappa shape index (κ1) is 23.1. The van der Waals surface area contributed by atoms with Gasteiger partial charge in [-0.15, -0.1) is 0 Å². The Bertz CT molecular complexity index is 685. The monoisotopic (exact) mass is 403 g/mol. The van der Waals surface area contributed by atoms with E-state index in [9.17, 15) is 0 Å². The van der Waals surface area contributed by atoms with Crippen molar-refractivity contribution in [1.82, 2.24) is 5.32 Å². The summed E-state index contributed by atoms with van der Waals surface area (Å²) in [6, 6.07) is 10.4. The Kier molecular flexibility index (Phi) is 7.52. The van der Waals surface area contributed by atoms with Crippen LogP contribution in [-0.2, 0) is 13.9 Å². The third-order valence-corrected chi connectivity index (χ3v) is 10.2. The fourth-order valence-electron chi connectivity index (χ4n) is 2.81. The van der Waals surface area contributed by atoms with Crippen molar-refractivity contribution in [2.75, 3.05) is 13.2 Å². The molecule has 0 amide bonds. The summed E-state index contributed by atoms with van der Waals surface area (Å²) in [5.74, 6) is 6.02. The summed E-state index contributed by atoms with van der Waals surface area (Å²) in [7, 11) is -1.79. The largest absolute Gasteiger partial charge is 0.406 e. The molecule has 1 aliphatic rings. The molecule has 0 unspecified atom stereocenters. The second-order valence-corrected chi connectivity index (χ2v) is 14.3. The Morgan fingerprint density at radius 3 is 2.43 bits per heavy atom. The zero-order valence-electron chi connectivity index (χ0n) is 18.8. The van der Waals surface area contributed by atoms with Gasteiger partial charge in [0, 0.05) is 6.04 Å². The predicted octanol–water partition coefficient (Wildman–Crippen LogP) is 4.88. The Morgan fingerprint density at radius 1 is 1.25 bits per heavy atom. The van der Waals surface area contributed by atoms with Crippen LogP contribution in [0, 0.1) is 11.8 Å². The highest BCUT2D eigenvalue weighted by atomic mass is 28.4. The standard InChI is InChI=1S/C23H37NO3Si/c1-18(19-13-10-9-11-14-19)24-20(21-17-25-23(5,6)27-21)15-12-16-26-28(7,8)22(2,3)4/h9-11,13-14,18,20-21,24H,16-17H2,1-8H3/t18-,20+,21+/m0/s1. The molecule has 156 valence electrons. The molecule has 1 saturated heterocycles. The number of benzene rings is 1. The van der Waals surface area contributed by atoms with Gasteiger partial charge in [-0.3, -0.25) is 5.32 Å². The third kappa shape index (κ3) is 6.43. The van der Waals surface area contributed by atoms with Crippen LogP contribution < -0.4 is 5.32 Å². The van der Waals surface area contributed by atoms with Gasteiger partial charge in [-0.1, -0.05) is 62.9 Å². The molecule has 3 atom stereocenters. The molecule has 0 radical (unpaired) electrons. The molecule has 2 rings (SSSR count). The van der Waals surface area contributed by atoms with Crippen molar-refractivity contribution in [2.45, 2.75) is 83.6 Å². The summed E-state index contributed by atoms with van der Waals surface area (Å²) in [6.45, 7) is 18.2. The Balaban J connectivity index is 2.07. The van der Waals surface area contributed by atoms with Gasteiger partial charge in [0.05, 0.1) is 19.3 Å². The molecule has 0 saturated carbocycles. The average Bonchev–Trinajstić information content (AvgIpc) is 2.97. The normalized spacial score (nSPS) is 21.6. The van der Waals surface area contributed by atoms with E-state index < -0.39 is 14.1 Å². The Morgan fingerprint density at radius 2 is 1.89 bits per heavy atom. The van der Waals surface area contributed by atoms with Crippen molar-refractivity contribution in [1.29, 1.82) is 0 Å². The lowest BCUT2D eigenvalue weighted by Gasteiger charge is -2.35. The lowest BCUT2D eigenvalue weighted by atomic mass is 10.1. The van der Waals surface area contributed by atoms with Crippen molar-refractivity contribution in [3.05, 3.63) is 35.9 Å². The summed E-state index contributed by atoms with van der Waals surface area (Å²) in [4.78, 5) is 0. The highest BCUT2D eigenvalue weighted by Gasteiger charge is 2.38. The van der Waals surface area contributed by atoms with Gasteiger partial charge in [0.15, 0.2) is 14.1 Å². The Labute approximate surface area is 172 Å². The van der Waals surface area contributed by atoms with Gasteiger partial charge in [0.2, 0.25) is 0 Å². The molecule has 5 heteroatoms. The third-order valence-electron chi connectivity index (χ3n) is 5.70. The quantitative estimate of drug-likeness (QED) is 0.543. The van der Waals surface area contributed by atoms with E-state index in [4.69, 9.17) is 13.9 Å². The van der Waals surface area contributed by atoms with Crippen molar-refractivity contribution in [3.8, 4) is 11.8 Å². The summed E-state index contributed by atoms with van der Waals surface area (Å²) in [5, 5.41) is 3.80. The minimum absolute atomic E-state index is 0.110. The van der Waals surface area contributed by atoms with Crippen LogP contribution in [0.1, 0.15) is 53.1 Å². The lowest BCUT2D eigenvalue weighted by molar-refractivity contribution is -0.140. The molecule has 1 heterocycles. The minimum atomic E-state index is -1.79. The van der Waals surface area contributed by atoms with Gasteiger partial charge in [-0.25, -0.2) is 0 Å². The van der Waals surface area contributed by atoms with Crippen molar-refractivity contribution in [2.24, 2.45) is 0 Å². The molecule has 1 aromatic carbocycles. The molecule has 1 aromatic rings. The smallest absolute Gasteiger partial charge is 0.193 e. The van der Waals surface area contributed by atoms with Gasteiger partial charge >= 0.3 is 0 Å². The highest BCUT2D eigenvalue weighted by Crippen LogP contribution is 2.36. The molecule has 1 aliphatic heterocycles. The van der Waals surface area contributed by atoms with Crippen LogP contribution in [0.2, 0.25) is 18.1 Å². The first-order valence-electron chi connectivity index (χ1n) is 10.2. The van der Waals surface area contributed by atoms with Crippen LogP contribution in [0.4, 0.5) is 0 Å². The summed E-state index contributed by atoms with van der Waals surface area (Å²) < 4.78 is 18.1. The van der Waals surface area contributed by atoms with Crippen LogP contribution in [0.5, 0.6) is 0 Å². The Hall–Kier alpha value is -1.16. The molecule has 4 nitrogen and oxygen atoms in total. The number of hydrogen-bond acceptors (Lipinski definition) is 4. The molecule has 1 fully saturated rings. The van der Waals surface area contributed by atoms with E-state index in [0.29, 0.717) is 13.2 Å². The zero-order valence-corrected chi connectivity index (χ0v) is 19.8.